The summed E-state index contributed by atoms with van der Waals surface area (Å²) in [7, 11) is 1.71. The van der Waals surface area contributed by atoms with Crippen LogP contribution in [0.3, 0.4) is 0 Å². The van der Waals surface area contributed by atoms with Crippen molar-refractivity contribution in [2.24, 2.45) is 16.7 Å². The van der Waals surface area contributed by atoms with Crippen molar-refractivity contribution in [1.29, 1.82) is 0 Å². The van der Waals surface area contributed by atoms with Gasteiger partial charge in [0.15, 0.2) is 0 Å². The molecule has 2 aromatic rings. The average molecular weight is 489 g/mol. The van der Waals surface area contributed by atoms with Gasteiger partial charge in [0, 0.05) is 12.0 Å². The number of rotatable bonds is 10. The molecule has 0 heterocycles. The van der Waals surface area contributed by atoms with E-state index in [0.29, 0.717) is 6.61 Å². The smallest absolute Gasteiger partial charge is 0.130 e. The molecule has 3 aliphatic carbocycles. The van der Waals surface area contributed by atoms with E-state index in [0.717, 1.165) is 70.1 Å². The minimum atomic E-state index is -0.486. The highest BCUT2D eigenvalue weighted by Gasteiger charge is 2.60. The van der Waals surface area contributed by atoms with E-state index in [1.807, 2.05) is 24.3 Å². The standard InChI is InChI=1S/C32H40O4/c1-31-20-25(11-7-4-8-18-36-21-23-9-5-3-6-10-23)30-27-13-12-26(35-2)19-24(27)16-17-32(30,22-33)28(31)14-15-29(31)34/h3,5-6,9-10,12-13,19,22,28-29,34H,4,7-8,11,14-18,20-21H2,1-2H3/t28-,29+,31+,32-/m1/s1. The van der Waals surface area contributed by atoms with Gasteiger partial charge in [-0.15, -0.1) is 0 Å². The van der Waals surface area contributed by atoms with Crippen molar-refractivity contribution in [3.8, 4) is 5.75 Å². The van der Waals surface area contributed by atoms with E-state index in [4.69, 9.17) is 9.47 Å². The lowest BCUT2D eigenvalue weighted by Gasteiger charge is -2.53. The van der Waals surface area contributed by atoms with E-state index < -0.39 is 5.41 Å². The summed E-state index contributed by atoms with van der Waals surface area (Å²) in [5, 5.41) is 11.1. The van der Waals surface area contributed by atoms with Crippen LogP contribution in [-0.4, -0.2) is 31.2 Å². The fourth-order valence-electron chi connectivity index (χ4n) is 7.48. The van der Waals surface area contributed by atoms with Gasteiger partial charge >= 0.3 is 0 Å². The lowest BCUT2D eigenvalue weighted by molar-refractivity contribution is -0.120. The average Bonchev–Trinajstić information content (AvgIpc) is 3.22. The summed E-state index contributed by atoms with van der Waals surface area (Å²) in [6.07, 6.45) is 9.42. The number of hydrogen-bond acceptors (Lipinski definition) is 4. The summed E-state index contributed by atoms with van der Waals surface area (Å²) in [4.78, 5) is 13.0. The summed E-state index contributed by atoms with van der Waals surface area (Å²) in [5.41, 5.74) is 5.69. The first-order valence-corrected chi connectivity index (χ1v) is 13.7. The van der Waals surface area contributed by atoms with E-state index in [1.165, 1.54) is 34.1 Å². The highest BCUT2D eigenvalue weighted by Crippen LogP contribution is 2.66. The van der Waals surface area contributed by atoms with Gasteiger partial charge in [-0.2, -0.15) is 0 Å². The van der Waals surface area contributed by atoms with Crippen LogP contribution in [0.1, 0.15) is 75.0 Å². The first-order chi connectivity index (χ1) is 17.5. The van der Waals surface area contributed by atoms with Gasteiger partial charge in [0.25, 0.3) is 0 Å². The lowest BCUT2D eigenvalue weighted by Crippen LogP contribution is -2.49. The number of ether oxygens (including phenoxy) is 2. The lowest BCUT2D eigenvalue weighted by atomic mass is 9.50. The summed E-state index contributed by atoms with van der Waals surface area (Å²) < 4.78 is 11.4. The quantitative estimate of drug-likeness (QED) is 0.305. The first kappa shape index (κ1) is 25.2. The van der Waals surface area contributed by atoms with Crippen LogP contribution in [0.15, 0.2) is 54.1 Å². The molecule has 1 fully saturated rings. The Hall–Kier alpha value is -2.43. The maximum absolute atomic E-state index is 13.0. The molecule has 0 aliphatic heterocycles. The molecule has 0 spiro atoms. The number of aryl methyl sites for hydroxylation is 1. The number of methoxy groups -OCH3 is 1. The molecule has 5 rings (SSSR count). The maximum Gasteiger partial charge on any atom is 0.130 e. The van der Waals surface area contributed by atoms with Crippen molar-refractivity contribution >= 4 is 11.9 Å². The number of aliphatic hydroxyl groups is 1. The third-order valence-electron chi connectivity index (χ3n) is 9.30. The Kier molecular flexibility index (Phi) is 7.37. The SMILES string of the molecule is COc1ccc2c(c1)CC[C@]1(C=O)C2=C(CCCCCOCc2ccccc2)C[C@@]2(C)[C@H]1CC[C@@H]2O. The van der Waals surface area contributed by atoms with Crippen molar-refractivity contribution in [2.75, 3.05) is 13.7 Å². The number of unbranched alkanes of at least 4 members (excludes halogenated alkanes) is 2. The second kappa shape index (κ2) is 10.5. The fraction of sp³-hybridized carbons (Fsp3) is 0.531. The van der Waals surface area contributed by atoms with Gasteiger partial charge in [0.1, 0.15) is 12.0 Å². The van der Waals surface area contributed by atoms with Crippen LogP contribution >= 0.6 is 0 Å². The number of carbonyl (C=O) groups excluding carboxylic acids is 1. The van der Waals surface area contributed by atoms with Gasteiger partial charge in [-0.05, 0) is 91.7 Å². The monoisotopic (exact) mass is 488 g/mol. The Bertz CT molecular complexity index is 1110. The summed E-state index contributed by atoms with van der Waals surface area (Å²) in [6.45, 7) is 3.66. The van der Waals surface area contributed by atoms with Crippen molar-refractivity contribution in [2.45, 2.75) is 77.4 Å². The van der Waals surface area contributed by atoms with Crippen molar-refractivity contribution in [1.82, 2.24) is 0 Å². The van der Waals surface area contributed by atoms with Gasteiger partial charge < -0.3 is 19.4 Å². The minimum absolute atomic E-state index is 0.206. The molecule has 36 heavy (non-hydrogen) atoms. The van der Waals surface area contributed by atoms with Crippen LogP contribution in [0, 0.1) is 16.7 Å². The van der Waals surface area contributed by atoms with Crippen LogP contribution in [-0.2, 0) is 22.6 Å². The second-order valence-electron chi connectivity index (χ2n) is 11.3. The van der Waals surface area contributed by atoms with E-state index in [-0.39, 0.29) is 17.4 Å². The highest BCUT2D eigenvalue weighted by molar-refractivity contribution is 5.91. The Morgan fingerprint density at radius 1 is 1.08 bits per heavy atom. The molecular weight excluding hydrogens is 448 g/mol. The van der Waals surface area contributed by atoms with E-state index in [9.17, 15) is 9.90 Å². The van der Waals surface area contributed by atoms with Crippen LogP contribution in [0.4, 0.5) is 0 Å². The molecule has 0 bridgehead atoms. The molecule has 2 aromatic carbocycles. The molecule has 0 radical (unpaired) electrons. The number of allylic oxidation sites excluding steroid dienone is 2. The zero-order valence-corrected chi connectivity index (χ0v) is 21.8. The molecular formula is C32H40O4. The first-order valence-electron chi connectivity index (χ1n) is 13.7. The van der Waals surface area contributed by atoms with E-state index >= 15 is 0 Å². The van der Waals surface area contributed by atoms with Crippen LogP contribution < -0.4 is 4.74 Å². The molecule has 0 amide bonds. The summed E-state index contributed by atoms with van der Waals surface area (Å²) >= 11 is 0. The number of aliphatic hydroxyl groups excluding tert-OH is 1. The van der Waals surface area contributed by atoms with E-state index in [1.54, 1.807) is 7.11 Å². The van der Waals surface area contributed by atoms with Gasteiger partial charge in [0.2, 0.25) is 0 Å². The number of benzene rings is 2. The predicted molar refractivity (Wildman–Crippen MR) is 143 cm³/mol. The molecule has 0 saturated heterocycles. The molecule has 3 aliphatic rings. The molecule has 4 atom stereocenters. The number of fused-ring (bicyclic) bond motifs is 5. The molecule has 1 saturated carbocycles. The fourth-order valence-corrected chi connectivity index (χ4v) is 7.48. The van der Waals surface area contributed by atoms with Crippen LogP contribution in [0.5, 0.6) is 5.75 Å². The Morgan fingerprint density at radius 2 is 1.92 bits per heavy atom. The zero-order valence-electron chi connectivity index (χ0n) is 21.8. The third kappa shape index (κ3) is 4.43. The van der Waals surface area contributed by atoms with Gasteiger partial charge in [0.05, 0.1) is 25.2 Å². The van der Waals surface area contributed by atoms with Crippen molar-refractivity contribution in [3.05, 3.63) is 70.8 Å². The Morgan fingerprint density at radius 3 is 2.69 bits per heavy atom. The molecule has 192 valence electrons. The number of hydrogen-bond donors (Lipinski definition) is 1. The number of aldehydes is 1. The zero-order chi connectivity index (χ0) is 25.2. The van der Waals surface area contributed by atoms with Crippen molar-refractivity contribution < 1.29 is 19.4 Å². The molecule has 1 N–H and O–H groups in total. The van der Waals surface area contributed by atoms with Gasteiger partial charge in [-0.3, -0.25) is 0 Å². The molecule has 4 nitrogen and oxygen atoms in total. The highest BCUT2D eigenvalue weighted by atomic mass is 16.5. The molecule has 0 unspecified atom stereocenters. The molecule has 0 aromatic heterocycles. The largest absolute Gasteiger partial charge is 0.497 e. The van der Waals surface area contributed by atoms with Gasteiger partial charge in [-0.25, -0.2) is 0 Å². The van der Waals surface area contributed by atoms with Crippen LogP contribution in [0.2, 0.25) is 0 Å². The normalized spacial score (nSPS) is 28.9. The Labute approximate surface area is 215 Å². The summed E-state index contributed by atoms with van der Waals surface area (Å²) in [5.74, 6) is 1.08. The van der Waals surface area contributed by atoms with Crippen molar-refractivity contribution in [3.63, 3.8) is 0 Å². The summed E-state index contributed by atoms with van der Waals surface area (Å²) in [6, 6.07) is 16.7. The minimum Gasteiger partial charge on any atom is -0.497 e. The Balaban J connectivity index is 1.35. The number of carbonyl (C=O) groups is 1. The topological polar surface area (TPSA) is 55.8 Å². The molecule has 4 heteroatoms. The third-order valence-corrected chi connectivity index (χ3v) is 9.30. The van der Waals surface area contributed by atoms with Crippen LogP contribution in [0.25, 0.3) is 5.57 Å². The predicted octanol–water partition coefficient (Wildman–Crippen LogP) is 6.54. The van der Waals surface area contributed by atoms with E-state index in [2.05, 4.69) is 31.2 Å². The van der Waals surface area contributed by atoms with Gasteiger partial charge in [-0.1, -0.05) is 55.3 Å². The maximum atomic E-state index is 13.0. The second-order valence-corrected chi connectivity index (χ2v) is 11.3.